The van der Waals surface area contributed by atoms with Crippen LogP contribution in [0.25, 0.3) is 0 Å². The Morgan fingerprint density at radius 1 is 1.47 bits per heavy atom. The highest BCUT2D eigenvalue weighted by atomic mass is 16.1. The van der Waals surface area contributed by atoms with Gasteiger partial charge in [-0.15, -0.1) is 0 Å². The fraction of sp³-hybridized carbons (Fsp3) is 0.636. The zero-order valence-electron chi connectivity index (χ0n) is 9.42. The van der Waals surface area contributed by atoms with Crippen LogP contribution in [0.4, 0.5) is 0 Å². The van der Waals surface area contributed by atoms with Crippen LogP contribution in [0.2, 0.25) is 0 Å². The average Bonchev–Trinajstić information content (AvgIpc) is 2.68. The molecule has 82 valence electrons. The van der Waals surface area contributed by atoms with Gasteiger partial charge in [0.05, 0.1) is 6.20 Å². The van der Waals surface area contributed by atoms with E-state index in [4.69, 9.17) is 0 Å². The highest BCUT2D eigenvalue weighted by Gasteiger charge is 2.29. The summed E-state index contributed by atoms with van der Waals surface area (Å²) in [4.78, 5) is 11.2. The van der Waals surface area contributed by atoms with Gasteiger partial charge in [-0.2, -0.15) is 5.10 Å². The number of hydrogen-bond acceptors (Lipinski definition) is 2. The van der Waals surface area contributed by atoms with E-state index in [1.165, 1.54) is 5.56 Å². The molecule has 1 aliphatic heterocycles. The van der Waals surface area contributed by atoms with Gasteiger partial charge in [-0.25, -0.2) is 0 Å². The molecule has 1 atom stereocenters. The Bertz CT molecular complexity index is 375. The van der Waals surface area contributed by atoms with Crippen molar-refractivity contribution in [2.75, 3.05) is 6.54 Å². The third-order valence-electron chi connectivity index (χ3n) is 2.84. The number of nitrogens with zero attached hydrogens (tertiary/aromatic N) is 1. The number of rotatable bonds is 1. The third kappa shape index (κ3) is 1.89. The van der Waals surface area contributed by atoms with Crippen molar-refractivity contribution < 1.29 is 4.79 Å². The van der Waals surface area contributed by atoms with Crippen molar-refractivity contribution in [3.8, 4) is 0 Å². The molecule has 0 aromatic carbocycles. The lowest BCUT2D eigenvalue weighted by atomic mass is 9.85. The van der Waals surface area contributed by atoms with E-state index in [9.17, 15) is 4.79 Å². The van der Waals surface area contributed by atoms with E-state index >= 15 is 0 Å². The number of hydrogen-bond donors (Lipinski definition) is 2. The molecule has 1 saturated heterocycles. The SMILES string of the molecule is CC(C)(C)c1[nH]ncc1C1CNC(=O)C1. The molecule has 0 bridgehead atoms. The predicted molar refractivity (Wildman–Crippen MR) is 57.7 cm³/mol. The summed E-state index contributed by atoms with van der Waals surface area (Å²) in [7, 11) is 0. The van der Waals surface area contributed by atoms with Gasteiger partial charge in [0, 0.05) is 30.0 Å². The minimum Gasteiger partial charge on any atom is -0.355 e. The Labute approximate surface area is 89.5 Å². The van der Waals surface area contributed by atoms with Gasteiger partial charge in [-0.1, -0.05) is 20.8 Å². The van der Waals surface area contributed by atoms with Crippen molar-refractivity contribution in [1.82, 2.24) is 15.5 Å². The average molecular weight is 207 g/mol. The van der Waals surface area contributed by atoms with Gasteiger partial charge in [0.15, 0.2) is 0 Å². The van der Waals surface area contributed by atoms with Crippen LogP contribution in [0.5, 0.6) is 0 Å². The topological polar surface area (TPSA) is 57.8 Å². The number of aromatic nitrogens is 2. The lowest BCUT2D eigenvalue weighted by Crippen LogP contribution is -2.17. The second-order valence-electron chi connectivity index (χ2n) is 5.16. The van der Waals surface area contributed by atoms with Crippen molar-refractivity contribution in [1.29, 1.82) is 0 Å². The number of carbonyl (C=O) groups is 1. The Morgan fingerprint density at radius 2 is 2.20 bits per heavy atom. The molecule has 0 saturated carbocycles. The van der Waals surface area contributed by atoms with Crippen LogP contribution in [0.1, 0.15) is 44.4 Å². The van der Waals surface area contributed by atoms with Crippen LogP contribution in [0, 0.1) is 0 Å². The molecule has 0 spiro atoms. The summed E-state index contributed by atoms with van der Waals surface area (Å²) in [6, 6.07) is 0. The molecular formula is C11H17N3O. The molecule has 4 nitrogen and oxygen atoms in total. The van der Waals surface area contributed by atoms with Gasteiger partial charge in [-0.3, -0.25) is 9.89 Å². The Hall–Kier alpha value is -1.32. The second kappa shape index (κ2) is 3.36. The molecule has 2 N–H and O–H groups in total. The summed E-state index contributed by atoms with van der Waals surface area (Å²) >= 11 is 0. The molecule has 1 aromatic rings. The zero-order valence-corrected chi connectivity index (χ0v) is 9.42. The Kier molecular flexibility index (Phi) is 2.29. The monoisotopic (exact) mass is 207 g/mol. The lowest BCUT2D eigenvalue weighted by molar-refractivity contribution is -0.119. The van der Waals surface area contributed by atoms with Gasteiger partial charge in [0.25, 0.3) is 0 Å². The van der Waals surface area contributed by atoms with E-state index in [1.807, 2.05) is 6.20 Å². The third-order valence-corrected chi connectivity index (χ3v) is 2.84. The van der Waals surface area contributed by atoms with Gasteiger partial charge in [-0.05, 0) is 5.56 Å². The number of H-pyrrole nitrogens is 1. The summed E-state index contributed by atoms with van der Waals surface area (Å²) < 4.78 is 0. The smallest absolute Gasteiger partial charge is 0.220 e. The van der Waals surface area contributed by atoms with Gasteiger partial charge in [0.2, 0.25) is 5.91 Å². The van der Waals surface area contributed by atoms with E-state index < -0.39 is 0 Å². The number of nitrogens with one attached hydrogen (secondary N) is 2. The number of carbonyl (C=O) groups excluding carboxylic acids is 1. The van der Waals surface area contributed by atoms with Gasteiger partial charge in [0.1, 0.15) is 0 Å². The quantitative estimate of drug-likeness (QED) is 0.729. The highest BCUT2D eigenvalue weighted by molar-refractivity contribution is 5.79. The largest absolute Gasteiger partial charge is 0.355 e. The second-order valence-corrected chi connectivity index (χ2v) is 5.16. The molecule has 2 heterocycles. The minimum atomic E-state index is 0.0530. The van der Waals surface area contributed by atoms with E-state index in [2.05, 4.69) is 36.3 Å². The molecule has 1 amide bonds. The summed E-state index contributed by atoms with van der Waals surface area (Å²) in [5, 5.41) is 10.00. The summed E-state index contributed by atoms with van der Waals surface area (Å²) in [5.74, 6) is 0.423. The summed E-state index contributed by atoms with van der Waals surface area (Å²) in [6.45, 7) is 7.18. The Morgan fingerprint density at radius 3 is 2.73 bits per heavy atom. The zero-order chi connectivity index (χ0) is 11.1. The first-order chi connectivity index (χ1) is 6.98. The van der Waals surface area contributed by atoms with E-state index in [0.717, 1.165) is 12.2 Å². The highest BCUT2D eigenvalue weighted by Crippen LogP contribution is 2.31. The number of aromatic amines is 1. The van der Waals surface area contributed by atoms with Crippen LogP contribution in [-0.2, 0) is 10.2 Å². The normalized spacial score (nSPS) is 21.8. The first-order valence-corrected chi connectivity index (χ1v) is 5.29. The van der Waals surface area contributed by atoms with Crippen molar-refractivity contribution in [2.45, 2.75) is 38.5 Å². The maximum absolute atomic E-state index is 11.2. The first-order valence-electron chi connectivity index (χ1n) is 5.29. The summed E-state index contributed by atoms with van der Waals surface area (Å²) in [5.41, 5.74) is 2.38. The molecule has 2 rings (SSSR count). The van der Waals surface area contributed by atoms with Crippen LogP contribution >= 0.6 is 0 Å². The molecule has 1 aliphatic rings. The molecule has 1 aromatic heterocycles. The Balaban J connectivity index is 2.29. The van der Waals surface area contributed by atoms with Gasteiger partial charge < -0.3 is 5.32 Å². The van der Waals surface area contributed by atoms with E-state index in [0.29, 0.717) is 6.42 Å². The van der Waals surface area contributed by atoms with Crippen molar-refractivity contribution in [3.05, 3.63) is 17.5 Å². The van der Waals surface area contributed by atoms with E-state index in [1.54, 1.807) is 0 Å². The van der Waals surface area contributed by atoms with Crippen LogP contribution in [0.3, 0.4) is 0 Å². The number of amides is 1. The maximum Gasteiger partial charge on any atom is 0.220 e. The van der Waals surface area contributed by atoms with Crippen LogP contribution < -0.4 is 5.32 Å². The molecular weight excluding hydrogens is 190 g/mol. The maximum atomic E-state index is 11.2. The fourth-order valence-corrected chi connectivity index (χ4v) is 2.03. The van der Waals surface area contributed by atoms with Crippen LogP contribution in [-0.4, -0.2) is 22.6 Å². The fourth-order valence-electron chi connectivity index (χ4n) is 2.03. The molecule has 0 aliphatic carbocycles. The van der Waals surface area contributed by atoms with Crippen molar-refractivity contribution in [3.63, 3.8) is 0 Å². The molecule has 15 heavy (non-hydrogen) atoms. The standard InChI is InChI=1S/C11H17N3O/c1-11(2,3)10-8(6-13-14-10)7-4-9(15)12-5-7/h6-7H,4-5H2,1-3H3,(H,12,15)(H,13,14). The molecule has 1 unspecified atom stereocenters. The van der Waals surface area contributed by atoms with Crippen molar-refractivity contribution in [2.24, 2.45) is 0 Å². The van der Waals surface area contributed by atoms with Crippen LogP contribution in [0.15, 0.2) is 6.20 Å². The molecule has 0 radical (unpaired) electrons. The predicted octanol–water partition coefficient (Wildman–Crippen LogP) is 1.31. The van der Waals surface area contributed by atoms with Crippen molar-refractivity contribution >= 4 is 5.91 Å². The van der Waals surface area contributed by atoms with E-state index in [-0.39, 0.29) is 17.2 Å². The molecule has 4 heteroatoms. The first kappa shape index (κ1) is 10.2. The minimum absolute atomic E-state index is 0.0530. The lowest BCUT2D eigenvalue weighted by Gasteiger charge is -2.20. The summed E-state index contributed by atoms with van der Waals surface area (Å²) in [6.07, 6.45) is 2.44. The molecule has 1 fully saturated rings. The van der Waals surface area contributed by atoms with Gasteiger partial charge >= 0.3 is 0 Å².